The summed E-state index contributed by atoms with van der Waals surface area (Å²) in [5.74, 6) is 0.705. The molecule has 0 unspecified atom stereocenters. The highest BCUT2D eigenvalue weighted by Gasteiger charge is 2.26. The molecule has 0 bridgehead atoms. The van der Waals surface area contributed by atoms with Crippen molar-refractivity contribution in [2.75, 3.05) is 20.2 Å². The van der Waals surface area contributed by atoms with Gasteiger partial charge in [-0.15, -0.1) is 0 Å². The van der Waals surface area contributed by atoms with Crippen molar-refractivity contribution in [3.8, 4) is 5.75 Å². The molecule has 0 aromatic heterocycles. The van der Waals surface area contributed by atoms with Crippen LogP contribution >= 0.6 is 0 Å². The molecule has 30 heavy (non-hydrogen) atoms. The van der Waals surface area contributed by atoms with Crippen LogP contribution < -0.4 is 10.1 Å². The summed E-state index contributed by atoms with van der Waals surface area (Å²) in [5.41, 5.74) is 0.990. The molecule has 8 heteroatoms. The zero-order chi connectivity index (χ0) is 22.1. The van der Waals surface area contributed by atoms with Gasteiger partial charge in [0.2, 0.25) is 10.0 Å². The number of nitrogens with one attached hydrogen (secondary N) is 1. The van der Waals surface area contributed by atoms with E-state index >= 15 is 0 Å². The minimum atomic E-state index is -3.72. The average Bonchev–Trinajstić information content (AvgIpc) is 2.71. The fourth-order valence-electron chi connectivity index (χ4n) is 3.21. The van der Waals surface area contributed by atoms with Crippen LogP contribution in [0.5, 0.6) is 5.75 Å². The normalized spacial score (nSPS) is 12.7. The molecule has 164 valence electrons. The molecule has 0 saturated carbocycles. The summed E-state index contributed by atoms with van der Waals surface area (Å²) in [5, 5.41) is 11.7. The third kappa shape index (κ3) is 7.03. The van der Waals surface area contributed by atoms with Gasteiger partial charge >= 0.3 is 6.09 Å². The number of amides is 1. The predicted molar refractivity (Wildman–Crippen MR) is 116 cm³/mol. The number of nitrogens with zero attached hydrogens (tertiary/aromatic N) is 1. The highest BCUT2D eigenvalue weighted by Crippen LogP contribution is 2.21. The maximum absolute atomic E-state index is 13.2. The summed E-state index contributed by atoms with van der Waals surface area (Å²) >= 11 is 0. The Hall–Kier alpha value is -2.58. The lowest BCUT2D eigenvalue weighted by Crippen LogP contribution is -2.41. The molecule has 0 aliphatic heterocycles. The van der Waals surface area contributed by atoms with Gasteiger partial charge in [0.15, 0.2) is 0 Å². The van der Waals surface area contributed by atoms with Gasteiger partial charge in [-0.1, -0.05) is 44.2 Å². The number of hydrogen-bond acceptors (Lipinski definition) is 4. The second kappa shape index (κ2) is 11.0. The Kier molecular flexibility index (Phi) is 8.68. The van der Waals surface area contributed by atoms with E-state index in [0.717, 1.165) is 5.56 Å². The molecule has 2 rings (SSSR count). The third-order valence-electron chi connectivity index (χ3n) is 4.65. The van der Waals surface area contributed by atoms with Crippen molar-refractivity contribution in [1.29, 1.82) is 0 Å². The molecule has 2 N–H and O–H groups in total. The standard InChI is InChI=1S/C22H30N2O5S/c1-17(2)16-24(30(27,28)21-11-9-20(29-3)10-12-21)14-13-19(23-22(25)26)15-18-7-5-4-6-8-18/h4-12,17,19,23H,13-16H2,1-3H3,(H,25,26)/t19-/m1/s1. The van der Waals surface area contributed by atoms with E-state index < -0.39 is 22.2 Å². The number of sulfonamides is 1. The van der Waals surface area contributed by atoms with E-state index in [0.29, 0.717) is 25.1 Å². The molecule has 2 aromatic carbocycles. The number of methoxy groups -OCH3 is 1. The molecule has 2 aromatic rings. The van der Waals surface area contributed by atoms with Gasteiger partial charge in [0.1, 0.15) is 5.75 Å². The summed E-state index contributed by atoms with van der Waals surface area (Å²) in [7, 11) is -2.19. The first-order chi connectivity index (χ1) is 14.2. The summed E-state index contributed by atoms with van der Waals surface area (Å²) in [4.78, 5) is 11.4. The van der Waals surface area contributed by atoms with Crippen LogP contribution in [0.3, 0.4) is 0 Å². The summed E-state index contributed by atoms with van der Waals surface area (Å²) in [6, 6.07) is 15.4. The molecular weight excluding hydrogens is 404 g/mol. The van der Waals surface area contributed by atoms with Gasteiger partial charge in [-0.05, 0) is 48.6 Å². The van der Waals surface area contributed by atoms with Gasteiger partial charge < -0.3 is 15.2 Å². The Bertz CT molecular complexity index is 899. The van der Waals surface area contributed by atoms with Crippen LogP contribution in [0.25, 0.3) is 0 Å². The lowest BCUT2D eigenvalue weighted by atomic mass is 10.0. The highest BCUT2D eigenvalue weighted by atomic mass is 32.2. The third-order valence-corrected chi connectivity index (χ3v) is 6.52. The van der Waals surface area contributed by atoms with E-state index in [-0.39, 0.29) is 17.4 Å². The smallest absolute Gasteiger partial charge is 0.404 e. The van der Waals surface area contributed by atoms with Gasteiger partial charge in [-0.25, -0.2) is 13.2 Å². The van der Waals surface area contributed by atoms with E-state index in [4.69, 9.17) is 4.74 Å². The summed E-state index contributed by atoms with van der Waals surface area (Å²) in [6.07, 6.45) is -0.265. The lowest BCUT2D eigenvalue weighted by Gasteiger charge is -2.26. The van der Waals surface area contributed by atoms with Crippen LogP contribution in [0.1, 0.15) is 25.8 Å². The zero-order valence-corrected chi connectivity index (χ0v) is 18.4. The Morgan fingerprint density at radius 3 is 2.27 bits per heavy atom. The SMILES string of the molecule is COc1ccc(S(=O)(=O)N(CC[C@H](Cc2ccccc2)NC(=O)O)CC(C)C)cc1. The Labute approximate surface area is 178 Å². The molecule has 1 amide bonds. The molecule has 0 radical (unpaired) electrons. The first kappa shape index (κ1) is 23.7. The largest absolute Gasteiger partial charge is 0.497 e. The van der Waals surface area contributed by atoms with Gasteiger partial charge in [0, 0.05) is 19.1 Å². The second-order valence-corrected chi connectivity index (χ2v) is 9.50. The second-order valence-electron chi connectivity index (χ2n) is 7.56. The van der Waals surface area contributed by atoms with Crippen molar-refractivity contribution < 1.29 is 23.1 Å². The van der Waals surface area contributed by atoms with Crippen LogP contribution in [0.4, 0.5) is 4.79 Å². The molecule has 7 nitrogen and oxygen atoms in total. The number of carboxylic acid groups (broad SMARTS) is 1. The van der Waals surface area contributed by atoms with Gasteiger partial charge in [-0.3, -0.25) is 0 Å². The predicted octanol–water partition coefficient (Wildman–Crippen LogP) is 3.61. The fourth-order valence-corrected chi connectivity index (χ4v) is 4.83. The minimum Gasteiger partial charge on any atom is -0.497 e. The van der Waals surface area contributed by atoms with E-state index in [9.17, 15) is 18.3 Å². The van der Waals surface area contributed by atoms with Crippen molar-refractivity contribution in [2.24, 2.45) is 5.92 Å². The van der Waals surface area contributed by atoms with E-state index in [1.807, 2.05) is 44.2 Å². The fraction of sp³-hybridized carbons (Fsp3) is 0.409. The number of benzene rings is 2. The number of hydrogen-bond donors (Lipinski definition) is 2. The first-order valence-corrected chi connectivity index (χ1v) is 11.3. The van der Waals surface area contributed by atoms with Crippen LogP contribution in [0, 0.1) is 5.92 Å². The van der Waals surface area contributed by atoms with Crippen molar-refractivity contribution in [2.45, 2.75) is 37.6 Å². The topological polar surface area (TPSA) is 95.9 Å². The van der Waals surface area contributed by atoms with Crippen molar-refractivity contribution in [1.82, 2.24) is 9.62 Å². The number of rotatable bonds is 11. The van der Waals surface area contributed by atoms with Crippen LogP contribution in [-0.2, 0) is 16.4 Å². The quantitative estimate of drug-likeness (QED) is 0.563. The van der Waals surface area contributed by atoms with E-state index in [2.05, 4.69) is 5.32 Å². The van der Waals surface area contributed by atoms with Gasteiger partial charge in [-0.2, -0.15) is 4.31 Å². The highest BCUT2D eigenvalue weighted by molar-refractivity contribution is 7.89. The molecule has 0 aliphatic carbocycles. The summed E-state index contributed by atoms with van der Waals surface area (Å²) < 4.78 is 33.0. The number of carbonyl (C=O) groups is 1. The number of ether oxygens (including phenoxy) is 1. The van der Waals surface area contributed by atoms with E-state index in [1.54, 1.807) is 12.1 Å². The zero-order valence-electron chi connectivity index (χ0n) is 17.6. The Balaban J connectivity index is 2.18. The van der Waals surface area contributed by atoms with Crippen molar-refractivity contribution in [3.63, 3.8) is 0 Å². The molecule has 0 fully saturated rings. The van der Waals surface area contributed by atoms with Crippen molar-refractivity contribution in [3.05, 3.63) is 60.2 Å². The molecule has 1 atom stereocenters. The maximum atomic E-state index is 13.2. The monoisotopic (exact) mass is 434 g/mol. The molecule has 0 spiro atoms. The van der Waals surface area contributed by atoms with Crippen molar-refractivity contribution >= 4 is 16.1 Å². The van der Waals surface area contributed by atoms with Crippen LogP contribution in [-0.4, -0.2) is 50.2 Å². The lowest BCUT2D eigenvalue weighted by molar-refractivity contribution is 0.188. The molecule has 0 saturated heterocycles. The minimum absolute atomic E-state index is 0.123. The first-order valence-electron chi connectivity index (χ1n) is 9.90. The van der Waals surface area contributed by atoms with Crippen LogP contribution in [0.2, 0.25) is 0 Å². The average molecular weight is 435 g/mol. The molecule has 0 heterocycles. The van der Waals surface area contributed by atoms with Crippen LogP contribution in [0.15, 0.2) is 59.5 Å². The Morgan fingerprint density at radius 2 is 1.73 bits per heavy atom. The molecular formula is C22H30N2O5S. The van der Waals surface area contributed by atoms with Gasteiger partial charge in [0.05, 0.1) is 12.0 Å². The van der Waals surface area contributed by atoms with E-state index in [1.165, 1.54) is 23.5 Å². The maximum Gasteiger partial charge on any atom is 0.404 e. The Morgan fingerprint density at radius 1 is 1.10 bits per heavy atom. The summed E-state index contributed by atoms with van der Waals surface area (Å²) in [6.45, 7) is 4.46. The van der Waals surface area contributed by atoms with Gasteiger partial charge in [0.25, 0.3) is 0 Å². The molecule has 0 aliphatic rings.